The predicted octanol–water partition coefficient (Wildman–Crippen LogP) is 3.77. The molecule has 3 rings (SSSR count). The van der Waals surface area contributed by atoms with Gasteiger partial charge in [-0.25, -0.2) is 4.39 Å². The largest absolute Gasteiger partial charge is 0.492 e. The first-order valence-electron chi connectivity index (χ1n) is 6.78. The van der Waals surface area contributed by atoms with Gasteiger partial charge in [0, 0.05) is 11.8 Å². The first-order valence-corrected chi connectivity index (χ1v) is 6.78. The Hall–Kier alpha value is -2.62. The molecule has 0 spiro atoms. The van der Waals surface area contributed by atoms with Crippen molar-refractivity contribution in [3.63, 3.8) is 0 Å². The van der Waals surface area contributed by atoms with Gasteiger partial charge in [0.1, 0.15) is 18.2 Å². The lowest BCUT2D eigenvalue weighted by molar-refractivity contribution is 0.291. The van der Waals surface area contributed by atoms with Crippen LogP contribution in [0.15, 0.2) is 66.9 Å². The molecule has 0 aliphatic carbocycles. The Morgan fingerprint density at radius 2 is 1.71 bits per heavy atom. The van der Waals surface area contributed by atoms with E-state index in [-0.39, 0.29) is 5.82 Å². The molecular weight excluding hydrogens is 267 g/mol. The van der Waals surface area contributed by atoms with E-state index in [1.807, 2.05) is 47.3 Å². The van der Waals surface area contributed by atoms with Crippen molar-refractivity contribution >= 4 is 0 Å². The molecular formula is C17H15FN2O. The van der Waals surface area contributed by atoms with Crippen LogP contribution in [0.2, 0.25) is 0 Å². The normalized spacial score (nSPS) is 10.5. The quantitative estimate of drug-likeness (QED) is 0.712. The van der Waals surface area contributed by atoms with Gasteiger partial charge in [0.2, 0.25) is 0 Å². The number of ether oxygens (including phenoxy) is 1. The van der Waals surface area contributed by atoms with Gasteiger partial charge in [0.05, 0.1) is 12.2 Å². The Morgan fingerprint density at radius 3 is 2.48 bits per heavy atom. The molecule has 0 atom stereocenters. The molecule has 0 N–H and O–H groups in total. The summed E-state index contributed by atoms with van der Waals surface area (Å²) in [5.41, 5.74) is 2.04. The van der Waals surface area contributed by atoms with Gasteiger partial charge < -0.3 is 4.74 Å². The van der Waals surface area contributed by atoms with E-state index in [0.29, 0.717) is 18.9 Å². The number of nitrogens with zero attached hydrogens (tertiary/aromatic N) is 2. The van der Waals surface area contributed by atoms with Crippen molar-refractivity contribution in [1.82, 2.24) is 9.78 Å². The summed E-state index contributed by atoms with van der Waals surface area (Å²) in [6, 6.07) is 18.0. The molecule has 1 aromatic heterocycles. The first kappa shape index (κ1) is 13.4. The third kappa shape index (κ3) is 3.48. The lowest BCUT2D eigenvalue weighted by Crippen LogP contribution is -2.08. The summed E-state index contributed by atoms with van der Waals surface area (Å²) in [4.78, 5) is 0. The molecule has 0 saturated heterocycles. The maximum Gasteiger partial charge on any atom is 0.123 e. The van der Waals surface area contributed by atoms with Crippen LogP contribution in [0.25, 0.3) is 11.3 Å². The Labute approximate surface area is 122 Å². The van der Waals surface area contributed by atoms with Crippen LogP contribution in [0, 0.1) is 5.82 Å². The van der Waals surface area contributed by atoms with Gasteiger partial charge in [0.15, 0.2) is 0 Å². The Bertz CT molecular complexity index is 692. The minimum Gasteiger partial charge on any atom is -0.492 e. The molecule has 0 bridgehead atoms. The summed E-state index contributed by atoms with van der Waals surface area (Å²) in [7, 11) is 0. The molecule has 0 fully saturated rings. The van der Waals surface area contributed by atoms with Crippen LogP contribution >= 0.6 is 0 Å². The lowest BCUT2D eigenvalue weighted by Gasteiger charge is -2.06. The fraction of sp³-hybridized carbons (Fsp3) is 0.118. The van der Waals surface area contributed by atoms with Crippen LogP contribution in [-0.4, -0.2) is 16.4 Å². The predicted molar refractivity (Wildman–Crippen MR) is 79.6 cm³/mol. The highest BCUT2D eigenvalue weighted by Crippen LogP contribution is 2.16. The molecule has 0 aliphatic rings. The van der Waals surface area contributed by atoms with Gasteiger partial charge in [-0.05, 0) is 30.3 Å². The van der Waals surface area contributed by atoms with Gasteiger partial charge in [-0.3, -0.25) is 4.68 Å². The van der Waals surface area contributed by atoms with E-state index in [9.17, 15) is 4.39 Å². The molecule has 0 radical (unpaired) electrons. The number of hydrogen-bond donors (Lipinski definition) is 0. The second-order valence-electron chi connectivity index (χ2n) is 4.63. The molecule has 1 heterocycles. The van der Waals surface area contributed by atoms with E-state index in [1.54, 1.807) is 12.1 Å². The van der Waals surface area contributed by atoms with Gasteiger partial charge in [-0.1, -0.05) is 30.3 Å². The fourth-order valence-electron chi connectivity index (χ4n) is 2.04. The Kier molecular flexibility index (Phi) is 3.96. The number of halogens is 1. The summed E-state index contributed by atoms with van der Waals surface area (Å²) < 4.78 is 20.2. The molecule has 3 aromatic rings. The van der Waals surface area contributed by atoms with Gasteiger partial charge >= 0.3 is 0 Å². The van der Waals surface area contributed by atoms with E-state index >= 15 is 0 Å². The van der Waals surface area contributed by atoms with Gasteiger partial charge in [-0.2, -0.15) is 5.10 Å². The summed E-state index contributed by atoms with van der Waals surface area (Å²) in [6.45, 7) is 1.13. The minimum absolute atomic E-state index is 0.262. The van der Waals surface area contributed by atoms with Crippen molar-refractivity contribution in [2.45, 2.75) is 6.54 Å². The Balaban J connectivity index is 1.57. The van der Waals surface area contributed by atoms with Crippen molar-refractivity contribution in [1.29, 1.82) is 0 Å². The minimum atomic E-state index is -0.262. The summed E-state index contributed by atoms with van der Waals surface area (Å²) >= 11 is 0. The number of hydrogen-bond acceptors (Lipinski definition) is 2. The standard InChI is InChI=1S/C17H15FN2O/c18-15-6-8-16(9-7-15)21-13-12-20-11-10-17(19-20)14-4-2-1-3-5-14/h1-11H,12-13H2. The molecule has 0 amide bonds. The zero-order valence-electron chi connectivity index (χ0n) is 11.4. The maximum absolute atomic E-state index is 12.8. The molecule has 4 heteroatoms. The van der Waals surface area contributed by atoms with Crippen LogP contribution in [-0.2, 0) is 6.54 Å². The average Bonchev–Trinajstić information content (AvgIpc) is 2.99. The van der Waals surface area contributed by atoms with Crippen LogP contribution in [0.5, 0.6) is 5.75 Å². The highest BCUT2D eigenvalue weighted by Gasteiger charge is 2.02. The maximum atomic E-state index is 12.8. The molecule has 2 aromatic carbocycles. The van der Waals surface area contributed by atoms with Gasteiger partial charge in [0.25, 0.3) is 0 Å². The van der Waals surface area contributed by atoms with E-state index in [0.717, 1.165) is 11.3 Å². The SMILES string of the molecule is Fc1ccc(OCCn2ccc(-c3ccccc3)n2)cc1. The summed E-state index contributed by atoms with van der Waals surface area (Å²) in [5, 5.41) is 4.50. The molecule has 106 valence electrons. The molecule has 0 saturated carbocycles. The van der Waals surface area contributed by atoms with Crippen molar-refractivity contribution in [2.24, 2.45) is 0 Å². The average molecular weight is 282 g/mol. The van der Waals surface area contributed by atoms with E-state index < -0.39 is 0 Å². The second-order valence-corrected chi connectivity index (χ2v) is 4.63. The highest BCUT2D eigenvalue weighted by molar-refractivity contribution is 5.57. The van der Waals surface area contributed by atoms with Crippen LogP contribution in [0.4, 0.5) is 4.39 Å². The third-order valence-corrected chi connectivity index (χ3v) is 3.11. The van der Waals surface area contributed by atoms with Crippen molar-refractivity contribution in [2.75, 3.05) is 6.61 Å². The summed E-state index contributed by atoms with van der Waals surface area (Å²) in [5.74, 6) is 0.397. The second kappa shape index (κ2) is 6.22. The van der Waals surface area contributed by atoms with Crippen molar-refractivity contribution < 1.29 is 9.13 Å². The van der Waals surface area contributed by atoms with Crippen LogP contribution in [0.3, 0.4) is 0 Å². The van der Waals surface area contributed by atoms with Crippen molar-refractivity contribution in [3.8, 4) is 17.0 Å². The topological polar surface area (TPSA) is 27.1 Å². The lowest BCUT2D eigenvalue weighted by atomic mass is 10.2. The summed E-state index contributed by atoms with van der Waals surface area (Å²) in [6.07, 6.45) is 1.93. The van der Waals surface area contributed by atoms with E-state index in [4.69, 9.17) is 4.74 Å². The zero-order chi connectivity index (χ0) is 14.5. The monoisotopic (exact) mass is 282 g/mol. The van der Waals surface area contributed by atoms with E-state index in [2.05, 4.69) is 5.10 Å². The Morgan fingerprint density at radius 1 is 0.952 bits per heavy atom. The molecule has 21 heavy (non-hydrogen) atoms. The molecule has 0 unspecified atom stereocenters. The molecule has 0 aliphatic heterocycles. The first-order chi connectivity index (χ1) is 10.3. The van der Waals surface area contributed by atoms with Gasteiger partial charge in [-0.15, -0.1) is 0 Å². The third-order valence-electron chi connectivity index (χ3n) is 3.11. The fourth-order valence-corrected chi connectivity index (χ4v) is 2.04. The van der Waals surface area contributed by atoms with Crippen LogP contribution < -0.4 is 4.74 Å². The van der Waals surface area contributed by atoms with Crippen LogP contribution in [0.1, 0.15) is 0 Å². The number of benzene rings is 2. The zero-order valence-corrected chi connectivity index (χ0v) is 11.4. The smallest absolute Gasteiger partial charge is 0.123 e. The number of rotatable bonds is 5. The molecule has 3 nitrogen and oxygen atoms in total. The van der Waals surface area contributed by atoms with Crippen molar-refractivity contribution in [3.05, 3.63) is 72.7 Å². The number of aromatic nitrogens is 2. The highest BCUT2D eigenvalue weighted by atomic mass is 19.1. The van der Waals surface area contributed by atoms with E-state index in [1.165, 1.54) is 12.1 Å².